The van der Waals surface area contributed by atoms with Crippen LogP contribution in [0.15, 0.2) is 36.4 Å². The molecular formula is C21H23N3O6. The first-order valence-electron chi connectivity index (χ1n) is 9.22. The van der Waals surface area contributed by atoms with Gasteiger partial charge >= 0.3 is 6.03 Å². The number of imide groups is 1. The molecule has 9 nitrogen and oxygen atoms in total. The standard InChI is InChI=1S/C21H23N3O6/c1-4-28-17-9-7-15(11-19(17)29-5-2)23-21(26)24-20(25)13-30-16-8-6-14(12-22)10-18(16)27-3/h6-11H,4-5,13H2,1-3H3,(H2,23,24,25,26). The third-order valence-corrected chi connectivity index (χ3v) is 3.71. The number of carbonyl (C=O) groups excluding carboxylic acids is 2. The zero-order chi connectivity index (χ0) is 21.9. The Hall–Kier alpha value is -3.93. The Kier molecular flexibility index (Phi) is 8.32. The number of hydrogen-bond donors (Lipinski definition) is 2. The van der Waals surface area contributed by atoms with Crippen molar-refractivity contribution in [1.29, 1.82) is 5.26 Å². The maximum atomic E-state index is 12.1. The highest BCUT2D eigenvalue weighted by Crippen LogP contribution is 2.30. The topological polar surface area (TPSA) is 119 Å². The van der Waals surface area contributed by atoms with Crippen molar-refractivity contribution in [1.82, 2.24) is 5.32 Å². The van der Waals surface area contributed by atoms with E-state index in [1.807, 2.05) is 19.9 Å². The van der Waals surface area contributed by atoms with Crippen molar-refractivity contribution in [2.24, 2.45) is 0 Å². The average Bonchev–Trinajstić information content (AvgIpc) is 2.74. The summed E-state index contributed by atoms with van der Waals surface area (Å²) in [6, 6.07) is 10.7. The first kappa shape index (κ1) is 22.4. The summed E-state index contributed by atoms with van der Waals surface area (Å²) in [6.45, 7) is 4.19. The zero-order valence-electron chi connectivity index (χ0n) is 17.0. The summed E-state index contributed by atoms with van der Waals surface area (Å²) in [6.07, 6.45) is 0. The Morgan fingerprint density at radius 1 is 0.933 bits per heavy atom. The van der Waals surface area contributed by atoms with Gasteiger partial charge in [-0.05, 0) is 38.1 Å². The number of amides is 3. The van der Waals surface area contributed by atoms with Gasteiger partial charge in [0, 0.05) is 17.8 Å². The third-order valence-electron chi connectivity index (χ3n) is 3.71. The van der Waals surface area contributed by atoms with Gasteiger partial charge in [-0.1, -0.05) is 0 Å². The molecule has 9 heteroatoms. The predicted molar refractivity (Wildman–Crippen MR) is 109 cm³/mol. The lowest BCUT2D eigenvalue weighted by Crippen LogP contribution is -2.37. The van der Waals surface area contributed by atoms with Gasteiger partial charge in [0.05, 0.1) is 32.0 Å². The maximum absolute atomic E-state index is 12.1. The van der Waals surface area contributed by atoms with Crippen molar-refractivity contribution in [3.05, 3.63) is 42.0 Å². The molecule has 0 radical (unpaired) electrons. The van der Waals surface area contributed by atoms with Crippen LogP contribution in [0.3, 0.4) is 0 Å². The van der Waals surface area contributed by atoms with Crippen molar-refractivity contribution in [2.45, 2.75) is 13.8 Å². The smallest absolute Gasteiger partial charge is 0.325 e. The second-order valence-electron chi connectivity index (χ2n) is 5.80. The van der Waals surface area contributed by atoms with Gasteiger partial charge < -0.3 is 24.3 Å². The minimum atomic E-state index is -0.720. The van der Waals surface area contributed by atoms with Gasteiger partial charge in [-0.3, -0.25) is 10.1 Å². The minimum absolute atomic E-state index is 0.278. The molecule has 30 heavy (non-hydrogen) atoms. The van der Waals surface area contributed by atoms with Crippen LogP contribution in [0.25, 0.3) is 0 Å². The van der Waals surface area contributed by atoms with E-state index >= 15 is 0 Å². The highest BCUT2D eigenvalue weighted by Gasteiger charge is 2.13. The van der Waals surface area contributed by atoms with Crippen molar-refractivity contribution in [3.8, 4) is 29.1 Å². The molecule has 158 valence electrons. The zero-order valence-corrected chi connectivity index (χ0v) is 17.0. The largest absolute Gasteiger partial charge is 0.493 e. The number of urea groups is 1. The molecule has 0 aliphatic carbocycles. The van der Waals surface area contributed by atoms with Crippen molar-refractivity contribution in [2.75, 3.05) is 32.2 Å². The van der Waals surface area contributed by atoms with E-state index in [4.69, 9.17) is 24.2 Å². The number of rotatable bonds is 9. The number of nitriles is 1. The Balaban J connectivity index is 1.93. The van der Waals surface area contributed by atoms with Crippen LogP contribution in [-0.4, -0.2) is 38.9 Å². The molecule has 0 aromatic heterocycles. The molecule has 0 bridgehead atoms. The second-order valence-corrected chi connectivity index (χ2v) is 5.80. The summed E-state index contributed by atoms with van der Waals surface area (Å²) in [5, 5.41) is 13.6. The number of benzene rings is 2. The molecule has 0 heterocycles. The van der Waals surface area contributed by atoms with Crippen molar-refractivity contribution in [3.63, 3.8) is 0 Å². The van der Waals surface area contributed by atoms with Crippen molar-refractivity contribution >= 4 is 17.6 Å². The van der Waals surface area contributed by atoms with E-state index in [1.54, 1.807) is 18.2 Å². The SMILES string of the molecule is CCOc1ccc(NC(=O)NC(=O)COc2ccc(C#N)cc2OC)cc1OCC. The summed E-state index contributed by atoms with van der Waals surface area (Å²) in [7, 11) is 1.42. The lowest BCUT2D eigenvalue weighted by atomic mass is 10.2. The van der Waals surface area contributed by atoms with E-state index in [0.29, 0.717) is 41.7 Å². The highest BCUT2D eigenvalue weighted by molar-refractivity contribution is 6.01. The van der Waals surface area contributed by atoms with E-state index in [2.05, 4.69) is 10.6 Å². The van der Waals surface area contributed by atoms with Crippen LogP contribution in [0.2, 0.25) is 0 Å². The number of methoxy groups -OCH3 is 1. The number of ether oxygens (including phenoxy) is 4. The highest BCUT2D eigenvalue weighted by atomic mass is 16.5. The Morgan fingerprint density at radius 2 is 1.60 bits per heavy atom. The molecular weight excluding hydrogens is 390 g/mol. The minimum Gasteiger partial charge on any atom is -0.493 e. The van der Waals surface area contributed by atoms with E-state index in [9.17, 15) is 9.59 Å². The van der Waals surface area contributed by atoms with Gasteiger partial charge in [-0.2, -0.15) is 5.26 Å². The van der Waals surface area contributed by atoms with Crippen LogP contribution < -0.4 is 29.6 Å². The summed E-state index contributed by atoms with van der Waals surface area (Å²) >= 11 is 0. The second kappa shape index (κ2) is 11.2. The van der Waals surface area contributed by atoms with E-state index in [1.165, 1.54) is 25.3 Å². The maximum Gasteiger partial charge on any atom is 0.325 e. The molecule has 0 saturated heterocycles. The van der Waals surface area contributed by atoms with Gasteiger partial charge in [0.25, 0.3) is 5.91 Å². The molecule has 2 aromatic carbocycles. The molecule has 0 saturated carbocycles. The first-order chi connectivity index (χ1) is 14.5. The van der Waals surface area contributed by atoms with Crippen LogP contribution in [0.4, 0.5) is 10.5 Å². The van der Waals surface area contributed by atoms with Crippen LogP contribution in [0, 0.1) is 11.3 Å². The van der Waals surface area contributed by atoms with Crippen LogP contribution in [0.1, 0.15) is 19.4 Å². The third kappa shape index (κ3) is 6.31. The van der Waals surface area contributed by atoms with Gasteiger partial charge in [-0.15, -0.1) is 0 Å². The van der Waals surface area contributed by atoms with Gasteiger partial charge in [-0.25, -0.2) is 4.79 Å². The van der Waals surface area contributed by atoms with E-state index in [-0.39, 0.29) is 5.75 Å². The lowest BCUT2D eigenvalue weighted by molar-refractivity contribution is -0.121. The number of nitrogens with one attached hydrogen (secondary N) is 2. The Bertz CT molecular complexity index is 939. The monoisotopic (exact) mass is 413 g/mol. The fourth-order valence-corrected chi connectivity index (χ4v) is 2.45. The Labute approximate surface area is 174 Å². The molecule has 0 aliphatic heterocycles. The summed E-state index contributed by atoms with van der Waals surface area (Å²) < 4.78 is 21.5. The molecule has 0 fully saturated rings. The number of anilines is 1. The normalized spacial score (nSPS) is 9.80. The quantitative estimate of drug-likeness (QED) is 0.648. The molecule has 0 unspecified atom stereocenters. The fourth-order valence-electron chi connectivity index (χ4n) is 2.45. The molecule has 2 N–H and O–H groups in total. The molecule has 0 atom stereocenters. The first-order valence-corrected chi connectivity index (χ1v) is 9.22. The average molecular weight is 413 g/mol. The molecule has 3 amide bonds. The van der Waals surface area contributed by atoms with Crippen LogP contribution in [-0.2, 0) is 4.79 Å². The van der Waals surface area contributed by atoms with E-state index in [0.717, 1.165) is 0 Å². The molecule has 0 aliphatic rings. The number of carbonyl (C=O) groups is 2. The van der Waals surface area contributed by atoms with Crippen LogP contribution in [0.5, 0.6) is 23.0 Å². The number of nitrogens with zero attached hydrogens (tertiary/aromatic N) is 1. The molecule has 0 spiro atoms. The lowest BCUT2D eigenvalue weighted by Gasteiger charge is -2.13. The summed E-state index contributed by atoms with van der Waals surface area (Å²) in [4.78, 5) is 24.1. The van der Waals surface area contributed by atoms with Gasteiger partial charge in [0.1, 0.15) is 0 Å². The predicted octanol–water partition coefficient (Wildman–Crippen LogP) is 3.09. The summed E-state index contributed by atoms with van der Waals surface area (Å²) in [5.74, 6) is 0.977. The van der Waals surface area contributed by atoms with Gasteiger partial charge in [0.2, 0.25) is 0 Å². The molecule has 2 aromatic rings. The summed E-state index contributed by atoms with van der Waals surface area (Å²) in [5.41, 5.74) is 0.826. The van der Waals surface area contributed by atoms with Gasteiger partial charge in [0.15, 0.2) is 29.6 Å². The van der Waals surface area contributed by atoms with Crippen LogP contribution >= 0.6 is 0 Å². The number of hydrogen-bond acceptors (Lipinski definition) is 7. The van der Waals surface area contributed by atoms with Crippen molar-refractivity contribution < 1.29 is 28.5 Å². The van der Waals surface area contributed by atoms with E-state index < -0.39 is 18.5 Å². The Morgan fingerprint density at radius 3 is 2.27 bits per heavy atom. The fraction of sp³-hybridized carbons (Fsp3) is 0.286. The molecule has 2 rings (SSSR count).